The van der Waals surface area contributed by atoms with Gasteiger partial charge in [0.05, 0.1) is 29.7 Å². The molecule has 0 aliphatic carbocycles. The number of rotatable bonds is 1. The Bertz CT molecular complexity index is 1380. The topological polar surface area (TPSA) is 114 Å². The molecule has 2 aliphatic rings. The van der Waals surface area contributed by atoms with Crippen molar-refractivity contribution in [2.45, 2.75) is 30.9 Å². The van der Waals surface area contributed by atoms with Gasteiger partial charge < -0.3 is 10.1 Å². The van der Waals surface area contributed by atoms with Crippen LogP contribution in [-0.2, 0) is 10.0 Å². The lowest BCUT2D eigenvalue weighted by atomic mass is 10.00. The second kappa shape index (κ2) is 8.33. The molecule has 1 fully saturated rings. The predicted molar refractivity (Wildman–Crippen MR) is 123 cm³/mol. The van der Waals surface area contributed by atoms with E-state index in [0.717, 1.165) is 16.7 Å². The molecule has 2 aliphatic heterocycles. The van der Waals surface area contributed by atoms with Crippen molar-refractivity contribution in [3.8, 4) is 17.1 Å². The monoisotopic (exact) mass is 483 g/mol. The van der Waals surface area contributed by atoms with Crippen LogP contribution in [0.4, 0.5) is 10.4 Å². The summed E-state index contributed by atoms with van der Waals surface area (Å²) in [4.78, 5) is 21.4. The molecule has 5 rings (SSSR count). The van der Waals surface area contributed by atoms with Crippen molar-refractivity contribution >= 4 is 21.9 Å². The Labute approximate surface area is 196 Å². The van der Waals surface area contributed by atoms with Crippen LogP contribution >= 0.6 is 0 Å². The first-order valence-electron chi connectivity index (χ1n) is 10.7. The SMILES string of the molecule is Cc1cccc(C)c1-c1cc2nc(n1)NS(=O)(=O)c1cccc(c1)C(=O)N[C@@H]1CN(F)C[C@H]1O2. The van der Waals surface area contributed by atoms with Crippen LogP contribution in [0.25, 0.3) is 11.3 Å². The van der Waals surface area contributed by atoms with Crippen molar-refractivity contribution in [1.29, 1.82) is 0 Å². The van der Waals surface area contributed by atoms with Gasteiger partial charge in [-0.1, -0.05) is 24.3 Å². The highest BCUT2D eigenvalue weighted by atomic mass is 32.2. The summed E-state index contributed by atoms with van der Waals surface area (Å²) in [7, 11) is -4.11. The van der Waals surface area contributed by atoms with E-state index in [0.29, 0.717) is 10.8 Å². The molecule has 11 heteroatoms. The summed E-state index contributed by atoms with van der Waals surface area (Å²) in [5, 5.41) is 3.32. The molecule has 2 aromatic carbocycles. The number of sulfonamides is 1. The molecule has 0 unspecified atom stereocenters. The minimum atomic E-state index is -4.11. The highest BCUT2D eigenvalue weighted by Crippen LogP contribution is 2.30. The van der Waals surface area contributed by atoms with Crippen LogP contribution in [0.5, 0.6) is 5.88 Å². The lowest BCUT2D eigenvalue weighted by molar-refractivity contribution is 0.0420. The Balaban J connectivity index is 1.68. The van der Waals surface area contributed by atoms with E-state index in [1.54, 1.807) is 6.07 Å². The van der Waals surface area contributed by atoms with E-state index in [9.17, 15) is 17.7 Å². The quantitative estimate of drug-likeness (QED) is 0.512. The van der Waals surface area contributed by atoms with E-state index in [2.05, 4.69) is 20.0 Å². The fraction of sp³-hybridized carbons (Fsp3) is 0.261. The molecule has 1 saturated heterocycles. The van der Waals surface area contributed by atoms with Gasteiger partial charge in [-0.2, -0.15) is 4.98 Å². The van der Waals surface area contributed by atoms with E-state index in [4.69, 9.17) is 4.74 Å². The fourth-order valence-corrected chi connectivity index (χ4v) is 5.24. The summed E-state index contributed by atoms with van der Waals surface area (Å²) >= 11 is 0. The number of amides is 1. The maximum atomic E-state index is 14.2. The van der Waals surface area contributed by atoms with Crippen LogP contribution < -0.4 is 14.8 Å². The fourth-order valence-electron chi connectivity index (χ4n) is 4.25. The molecule has 9 nitrogen and oxygen atoms in total. The van der Waals surface area contributed by atoms with Crippen LogP contribution in [0.3, 0.4) is 0 Å². The number of anilines is 1. The number of aromatic nitrogens is 2. The number of nitrogens with zero attached hydrogens (tertiary/aromatic N) is 3. The van der Waals surface area contributed by atoms with Crippen molar-refractivity contribution in [1.82, 2.24) is 20.4 Å². The third-order valence-electron chi connectivity index (χ3n) is 5.88. The van der Waals surface area contributed by atoms with Gasteiger partial charge in [-0.05, 0) is 43.2 Å². The number of ether oxygens (including phenoxy) is 1. The van der Waals surface area contributed by atoms with Gasteiger partial charge in [0.25, 0.3) is 15.9 Å². The number of nitrogens with one attached hydrogen (secondary N) is 2. The summed E-state index contributed by atoms with van der Waals surface area (Å²) in [5.74, 6) is -0.652. The Morgan fingerprint density at radius 1 is 1.06 bits per heavy atom. The minimum absolute atomic E-state index is 0.0656. The lowest BCUT2D eigenvalue weighted by Crippen LogP contribution is -2.45. The molecular weight excluding hydrogens is 461 g/mol. The van der Waals surface area contributed by atoms with Crippen molar-refractivity contribution in [3.63, 3.8) is 0 Å². The number of fused-ring (bicyclic) bond motifs is 5. The van der Waals surface area contributed by atoms with Crippen LogP contribution in [0.15, 0.2) is 53.4 Å². The van der Waals surface area contributed by atoms with E-state index in [-0.39, 0.29) is 35.4 Å². The second-order valence-electron chi connectivity index (χ2n) is 8.38. The zero-order valence-corrected chi connectivity index (χ0v) is 19.3. The normalized spacial score (nSPS) is 21.7. The Morgan fingerprint density at radius 3 is 2.56 bits per heavy atom. The minimum Gasteiger partial charge on any atom is -0.470 e. The standard InChI is InChI=1S/C23H22FN5O4S/c1-13-5-3-6-14(2)21(13)17-10-20-27-23(26-17)28-34(31,32)16-8-4-7-15(9-16)22(30)25-18-11-29(24)12-19(18)33-20/h3-10,18-19H,11-12H2,1-2H3,(H,25,30)(H,26,27,28)/t18-,19-/m1/s1. The van der Waals surface area contributed by atoms with Gasteiger partial charge in [-0.15, -0.1) is 9.60 Å². The number of carbonyl (C=O) groups is 1. The molecular formula is C23H22FN5O4S. The number of benzene rings is 2. The molecule has 0 spiro atoms. The zero-order chi connectivity index (χ0) is 24.0. The van der Waals surface area contributed by atoms with Crippen LogP contribution in [0, 0.1) is 13.8 Å². The zero-order valence-electron chi connectivity index (χ0n) is 18.4. The molecule has 1 amide bonds. The van der Waals surface area contributed by atoms with Crippen molar-refractivity contribution < 1.29 is 22.4 Å². The van der Waals surface area contributed by atoms with E-state index in [1.165, 1.54) is 24.3 Å². The summed E-state index contributed by atoms with van der Waals surface area (Å²) < 4.78 is 48.7. The Hall–Kier alpha value is -3.57. The van der Waals surface area contributed by atoms with Crippen molar-refractivity contribution in [2.75, 3.05) is 17.8 Å². The van der Waals surface area contributed by atoms with Gasteiger partial charge in [0.1, 0.15) is 6.10 Å². The Morgan fingerprint density at radius 2 is 1.79 bits per heavy atom. The average Bonchev–Trinajstić information content (AvgIpc) is 3.11. The smallest absolute Gasteiger partial charge is 0.264 e. The van der Waals surface area contributed by atoms with Gasteiger partial charge in [0.2, 0.25) is 11.8 Å². The molecule has 176 valence electrons. The third-order valence-corrected chi connectivity index (χ3v) is 7.21. The second-order valence-corrected chi connectivity index (χ2v) is 10.1. The first-order valence-corrected chi connectivity index (χ1v) is 12.1. The van der Waals surface area contributed by atoms with E-state index >= 15 is 0 Å². The van der Waals surface area contributed by atoms with Gasteiger partial charge in [-0.3, -0.25) is 4.79 Å². The highest BCUT2D eigenvalue weighted by Gasteiger charge is 2.37. The van der Waals surface area contributed by atoms with Gasteiger partial charge in [0, 0.05) is 17.2 Å². The largest absolute Gasteiger partial charge is 0.470 e. The van der Waals surface area contributed by atoms with Crippen LogP contribution in [0.1, 0.15) is 21.5 Å². The van der Waals surface area contributed by atoms with Gasteiger partial charge >= 0.3 is 0 Å². The van der Waals surface area contributed by atoms with E-state index in [1.807, 2.05) is 32.0 Å². The molecule has 2 N–H and O–H groups in total. The van der Waals surface area contributed by atoms with E-state index < -0.39 is 28.1 Å². The molecule has 1 aromatic heterocycles. The van der Waals surface area contributed by atoms with Crippen LogP contribution in [0.2, 0.25) is 0 Å². The van der Waals surface area contributed by atoms with Crippen molar-refractivity contribution in [2.24, 2.45) is 0 Å². The molecule has 0 radical (unpaired) electrons. The number of aryl methyl sites for hydroxylation is 2. The maximum absolute atomic E-state index is 14.2. The molecule has 0 saturated carbocycles. The highest BCUT2D eigenvalue weighted by molar-refractivity contribution is 7.92. The summed E-state index contributed by atoms with van der Waals surface area (Å²) in [6.45, 7) is 3.68. The summed E-state index contributed by atoms with van der Waals surface area (Å²) in [5.41, 5.74) is 3.26. The average molecular weight is 484 g/mol. The third kappa shape index (κ3) is 4.19. The van der Waals surface area contributed by atoms with Gasteiger partial charge in [-0.25, -0.2) is 18.1 Å². The summed E-state index contributed by atoms with van der Waals surface area (Å²) in [6, 6.07) is 12.3. The number of hydrogen-bond acceptors (Lipinski definition) is 7. The molecule has 2 atom stereocenters. The van der Waals surface area contributed by atoms with Gasteiger partial charge in [0.15, 0.2) is 0 Å². The number of hydrogen-bond donors (Lipinski definition) is 2. The number of carbonyl (C=O) groups excluding carboxylic acids is 1. The molecule has 3 aromatic rings. The first kappa shape index (κ1) is 22.2. The Kier molecular flexibility index (Phi) is 5.45. The maximum Gasteiger partial charge on any atom is 0.264 e. The van der Waals surface area contributed by atoms with Crippen LogP contribution in [-0.4, -0.2) is 54.7 Å². The lowest BCUT2D eigenvalue weighted by Gasteiger charge is -2.21. The molecule has 4 bridgehead atoms. The summed E-state index contributed by atoms with van der Waals surface area (Å²) in [6.07, 6.45) is -0.747. The van der Waals surface area contributed by atoms with Crippen molar-refractivity contribution in [3.05, 3.63) is 65.2 Å². The molecule has 3 heterocycles. The predicted octanol–water partition coefficient (Wildman–Crippen LogP) is 2.62. The molecule has 34 heavy (non-hydrogen) atoms. The first-order chi connectivity index (χ1) is 16.2. The number of halogens is 1.